The van der Waals surface area contributed by atoms with Crippen LogP contribution >= 0.6 is 0 Å². The monoisotopic (exact) mass is 477 g/mol. The first-order valence-corrected chi connectivity index (χ1v) is 13.2. The Labute approximate surface area is 206 Å². The molecule has 2 heterocycles. The first-order chi connectivity index (χ1) is 16.2. The van der Waals surface area contributed by atoms with E-state index < -0.39 is 11.4 Å². The van der Waals surface area contributed by atoms with Gasteiger partial charge in [-0.25, -0.2) is 4.98 Å². The van der Waals surface area contributed by atoms with E-state index in [1.54, 1.807) is 0 Å². The Balaban J connectivity index is 1.75. The third-order valence-electron chi connectivity index (χ3n) is 6.18. The molecule has 0 saturated carbocycles. The summed E-state index contributed by atoms with van der Waals surface area (Å²) in [5.74, 6) is 1.25. The van der Waals surface area contributed by atoms with Gasteiger partial charge < -0.3 is 9.29 Å². The zero-order valence-corrected chi connectivity index (χ0v) is 21.7. The highest BCUT2D eigenvalue weighted by atomic mass is 32.2. The van der Waals surface area contributed by atoms with Crippen molar-refractivity contribution in [1.82, 2.24) is 9.97 Å². The Bertz CT molecular complexity index is 1120. The molecular weight excluding hydrogens is 442 g/mol. The predicted octanol–water partition coefficient (Wildman–Crippen LogP) is 6.66. The number of fused-ring (bicyclic) bond motifs is 4. The number of hydrogen-bond acceptors (Lipinski definition) is 5. The van der Waals surface area contributed by atoms with Crippen LogP contribution in [0.15, 0.2) is 53.4 Å². The smallest absolute Gasteiger partial charge is 0.269 e. The van der Waals surface area contributed by atoms with Crippen LogP contribution in [0.3, 0.4) is 0 Å². The quantitative estimate of drug-likeness (QED) is 0.418. The van der Waals surface area contributed by atoms with Crippen molar-refractivity contribution in [3.8, 4) is 17.1 Å². The highest BCUT2D eigenvalue weighted by Gasteiger charge is 2.22. The predicted molar refractivity (Wildman–Crippen MR) is 139 cm³/mol. The minimum atomic E-state index is -1.47. The van der Waals surface area contributed by atoms with E-state index in [0.29, 0.717) is 24.4 Å². The minimum absolute atomic E-state index is 0.220. The Morgan fingerprint density at radius 2 is 1.79 bits per heavy atom. The molecule has 0 amide bonds. The van der Waals surface area contributed by atoms with Crippen molar-refractivity contribution in [2.45, 2.75) is 65.2 Å². The van der Waals surface area contributed by atoms with Gasteiger partial charge in [-0.05, 0) is 79.7 Å². The lowest BCUT2D eigenvalue weighted by atomic mass is 9.82. The average Bonchev–Trinajstić information content (AvgIpc) is 2.76. The summed E-state index contributed by atoms with van der Waals surface area (Å²) in [5, 5.41) is 0. The van der Waals surface area contributed by atoms with E-state index in [0.717, 1.165) is 53.0 Å². The number of nitrogens with zero attached hydrogens (tertiary/aromatic N) is 2. The first-order valence-electron chi connectivity index (χ1n) is 12.0. The molecule has 1 N–H and O–H groups in total. The van der Waals surface area contributed by atoms with E-state index in [4.69, 9.17) is 9.72 Å². The van der Waals surface area contributed by atoms with Crippen LogP contribution in [0.5, 0.6) is 5.88 Å². The molecule has 180 valence electrons. The number of rotatable bonds is 2. The summed E-state index contributed by atoms with van der Waals surface area (Å²) < 4.78 is 22.4. The number of aromatic nitrogens is 2. The second-order valence-electron chi connectivity index (χ2n) is 10.5. The number of benzene rings is 2. The summed E-state index contributed by atoms with van der Waals surface area (Å²) in [4.78, 5) is 10.1. The van der Waals surface area contributed by atoms with Crippen LogP contribution in [-0.2, 0) is 17.8 Å². The lowest BCUT2D eigenvalue weighted by Gasteiger charge is -2.26. The number of anilines is 1. The maximum absolute atomic E-state index is 13.1. The lowest BCUT2D eigenvalue weighted by Crippen LogP contribution is -2.21. The summed E-state index contributed by atoms with van der Waals surface area (Å²) in [6.07, 6.45) is 4.18. The normalized spacial score (nSPS) is 19.0. The summed E-state index contributed by atoms with van der Waals surface area (Å²) in [6.45, 7) is 11.6. The topological polar surface area (TPSA) is 70.1 Å². The Morgan fingerprint density at radius 1 is 1.06 bits per heavy atom. The van der Waals surface area contributed by atoms with Crippen LogP contribution in [0.1, 0.15) is 56.7 Å². The highest BCUT2D eigenvalue weighted by molar-refractivity contribution is 7.92. The maximum atomic E-state index is 13.1. The molecule has 1 unspecified atom stereocenters. The molecule has 5 nitrogen and oxygen atoms in total. The molecule has 0 aliphatic carbocycles. The molecule has 1 aliphatic heterocycles. The van der Waals surface area contributed by atoms with E-state index in [9.17, 15) is 4.55 Å². The molecule has 0 saturated heterocycles. The van der Waals surface area contributed by atoms with Crippen molar-refractivity contribution in [1.29, 1.82) is 0 Å². The van der Waals surface area contributed by atoms with Gasteiger partial charge in [0.1, 0.15) is 11.4 Å². The van der Waals surface area contributed by atoms with E-state index in [1.807, 2.05) is 30.3 Å². The number of nitrogens with one attached hydrogen (secondary N) is 1. The fourth-order valence-electron chi connectivity index (χ4n) is 4.76. The standard InChI is InChI=1S/C28H35N3O2S/c1-19-9-6-10-20(2)26(19)24-16-25-30-27(29-24)31-34(32)23-14-8-12-21(15-23)11-7-13-22(18-33-25)17-28(3,4)5/h6,8-10,12,14-16,22H,7,11,13,17-18H2,1-5H3,(H,29,30,31)/t22-,34?/m1/s1. The second-order valence-corrected chi connectivity index (χ2v) is 11.7. The van der Waals surface area contributed by atoms with Gasteiger partial charge in [0.15, 0.2) is 4.90 Å². The minimum Gasteiger partial charge on any atom is -0.588 e. The zero-order valence-electron chi connectivity index (χ0n) is 20.9. The Kier molecular flexibility index (Phi) is 7.48. The van der Waals surface area contributed by atoms with Crippen molar-refractivity contribution < 1.29 is 9.29 Å². The number of ether oxygens (including phenoxy) is 1. The summed E-state index contributed by atoms with van der Waals surface area (Å²) in [6, 6.07) is 16.1. The van der Waals surface area contributed by atoms with E-state index in [-0.39, 0.29) is 5.41 Å². The van der Waals surface area contributed by atoms with E-state index in [1.165, 1.54) is 5.56 Å². The van der Waals surface area contributed by atoms with Gasteiger partial charge >= 0.3 is 0 Å². The van der Waals surface area contributed by atoms with Gasteiger partial charge in [-0.2, -0.15) is 9.71 Å². The summed E-state index contributed by atoms with van der Waals surface area (Å²) >= 11 is -1.47. The molecule has 2 aromatic carbocycles. The van der Waals surface area contributed by atoms with E-state index >= 15 is 0 Å². The van der Waals surface area contributed by atoms with Crippen LogP contribution in [0.4, 0.5) is 5.95 Å². The van der Waals surface area contributed by atoms with Crippen LogP contribution < -0.4 is 9.46 Å². The lowest BCUT2D eigenvalue weighted by molar-refractivity contribution is 0.180. The van der Waals surface area contributed by atoms with Gasteiger partial charge in [-0.3, -0.25) is 0 Å². The molecule has 6 heteroatoms. The average molecular weight is 478 g/mol. The van der Waals surface area contributed by atoms with Gasteiger partial charge in [0.2, 0.25) is 5.88 Å². The summed E-state index contributed by atoms with van der Waals surface area (Å²) in [7, 11) is 0. The third kappa shape index (κ3) is 6.30. The van der Waals surface area contributed by atoms with Crippen LogP contribution in [0, 0.1) is 25.2 Å². The highest BCUT2D eigenvalue weighted by Crippen LogP contribution is 2.32. The van der Waals surface area contributed by atoms with Crippen LogP contribution in [0.25, 0.3) is 11.3 Å². The fraction of sp³-hybridized carbons (Fsp3) is 0.429. The van der Waals surface area contributed by atoms with Gasteiger partial charge in [-0.15, -0.1) is 0 Å². The Hall–Kier alpha value is -2.57. The number of hydrogen-bond donors (Lipinski definition) is 1. The van der Waals surface area contributed by atoms with Crippen molar-refractivity contribution in [2.75, 3.05) is 11.3 Å². The molecule has 1 aliphatic rings. The SMILES string of the molecule is Cc1cccc(C)c1-c1cc2nc(n1)N[S+]([O-])c1cccc(c1)CCC[C@H](CC(C)(C)C)CO2. The van der Waals surface area contributed by atoms with Gasteiger partial charge in [0.25, 0.3) is 5.95 Å². The van der Waals surface area contributed by atoms with E-state index in [2.05, 4.69) is 62.5 Å². The van der Waals surface area contributed by atoms with Crippen LogP contribution in [0.2, 0.25) is 0 Å². The van der Waals surface area contributed by atoms with Crippen molar-refractivity contribution in [2.24, 2.45) is 11.3 Å². The molecular formula is C28H35N3O2S. The van der Waals surface area contributed by atoms with Gasteiger partial charge in [0, 0.05) is 11.6 Å². The molecule has 4 rings (SSSR count). The molecule has 1 aromatic heterocycles. The van der Waals surface area contributed by atoms with Gasteiger partial charge in [-0.1, -0.05) is 51.1 Å². The third-order valence-corrected chi connectivity index (χ3v) is 7.23. The molecule has 3 aromatic rings. The molecule has 0 radical (unpaired) electrons. The van der Waals surface area contributed by atoms with Crippen molar-refractivity contribution in [3.63, 3.8) is 0 Å². The molecule has 2 atom stereocenters. The Morgan fingerprint density at radius 3 is 2.53 bits per heavy atom. The van der Waals surface area contributed by atoms with Crippen molar-refractivity contribution >= 4 is 17.3 Å². The molecule has 34 heavy (non-hydrogen) atoms. The molecule has 0 spiro atoms. The zero-order chi connectivity index (χ0) is 24.3. The first kappa shape index (κ1) is 24.6. The second kappa shape index (κ2) is 10.4. The van der Waals surface area contributed by atoms with Gasteiger partial charge in [0.05, 0.1) is 12.3 Å². The van der Waals surface area contributed by atoms with Crippen molar-refractivity contribution in [3.05, 3.63) is 65.2 Å². The van der Waals surface area contributed by atoms with Crippen LogP contribution in [-0.4, -0.2) is 21.1 Å². The molecule has 0 fully saturated rings. The summed E-state index contributed by atoms with van der Waals surface area (Å²) in [5.41, 5.74) is 5.50. The largest absolute Gasteiger partial charge is 0.588 e. The maximum Gasteiger partial charge on any atom is 0.269 e. The number of aryl methyl sites for hydroxylation is 3. The molecule has 4 bridgehead atoms. The fourth-order valence-corrected chi connectivity index (χ4v) is 5.59.